The molecule has 39 heavy (non-hydrogen) atoms. The Bertz CT molecular complexity index is 1440. The highest BCUT2D eigenvalue weighted by atomic mass is 35.6. The summed E-state index contributed by atoms with van der Waals surface area (Å²) in [6.07, 6.45) is 4.33. The highest BCUT2D eigenvalue weighted by Gasteiger charge is 2.57. The van der Waals surface area contributed by atoms with Crippen LogP contribution in [0.3, 0.4) is 0 Å². The zero-order valence-corrected chi connectivity index (χ0v) is 24.7. The Morgan fingerprint density at radius 3 is 2.10 bits per heavy atom. The number of carbonyl (C=O) groups excluding carboxylic acids is 1. The lowest BCUT2D eigenvalue weighted by molar-refractivity contribution is 0.0695. The maximum Gasteiger partial charge on any atom is 0.267 e. The van der Waals surface area contributed by atoms with Crippen LogP contribution in [0.2, 0.25) is 5.02 Å². The number of amidine groups is 1. The molecule has 1 amide bonds. The minimum absolute atomic E-state index is 0.0879. The minimum atomic E-state index is -1.80. The first kappa shape index (κ1) is 27.1. The molecular formula is C29H26Cl4N4OS. The normalized spacial score (nSPS) is 22.3. The first-order chi connectivity index (χ1) is 18.9. The van der Waals surface area contributed by atoms with E-state index in [2.05, 4.69) is 9.21 Å². The Labute approximate surface area is 251 Å². The number of aliphatic imine (C=N–C) groups is 1. The molecule has 1 fully saturated rings. The summed E-state index contributed by atoms with van der Waals surface area (Å²) in [5, 5.41) is 1.09. The smallest absolute Gasteiger partial charge is 0.267 e. The van der Waals surface area contributed by atoms with Crippen molar-refractivity contribution >= 4 is 79.8 Å². The molecule has 10 heteroatoms. The minimum Gasteiger partial charge on any atom is -0.268 e. The predicted molar refractivity (Wildman–Crippen MR) is 165 cm³/mol. The second-order valence-electron chi connectivity index (χ2n) is 9.70. The van der Waals surface area contributed by atoms with Crippen molar-refractivity contribution < 1.29 is 4.79 Å². The third-order valence-electron chi connectivity index (χ3n) is 7.21. The summed E-state index contributed by atoms with van der Waals surface area (Å²) in [7, 11) is -1.03. The number of alkyl halides is 3. The number of halogens is 4. The number of nitrogens with zero attached hydrogens (tertiary/aromatic N) is 4. The molecular weight excluding hydrogens is 594 g/mol. The fourth-order valence-electron chi connectivity index (χ4n) is 5.48. The number of amides is 1. The van der Waals surface area contributed by atoms with Gasteiger partial charge in [-0.1, -0.05) is 126 Å². The van der Waals surface area contributed by atoms with Gasteiger partial charge in [-0.15, -0.1) is 0 Å². The fourth-order valence-corrected chi connectivity index (χ4v) is 8.94. The Morgan fingerprint density at radius 1 is 0.846 bits per heavy atom. The van der Waals surface area contributed by atoms with Crippen LogP contribution in [0.5, 0.6) is 0 Å². The van der Waals surface area contributed by atoms with Gasteiger partial charge in [0.15, 0.2) is 17.1 Å². The molecule has 0 radical (unpaired) electrons. The zero-order chi connectivity index (χ0) is 27.1. The van der Waals surface area contributed by atoms with Gasteiger partial charge in [0.05, 0.1) is 27.1 Å². The molecule has 202 valence electrons. The quantitative estimate of drug-likeness (QED) is 0.218. The number of para-hydroxylation sites is 1. The van der Waals surface area contributed by atoms with Crippen molar-refractivity contribution in [2.45, 2.75) is 48.1 Å². The number of hydrogen-bond donors (Lipinski definition) is 0. The van der Waals surface area contributed by atoms with Crippen LogP contribution in [-0.2, 0) is 0 Å². The maximum absolute atomic E-state index is 14.5. The molecule has 0 N–H and O–H groups in total. The van der Waals surface area contributed by atoms with Crippen molar-refractivity contribution in [3.63, 3.8) is 0 Å². The van der Waals surface area contributed by atoms with E-state index in [1.54, 1.807) is 28.6 Å². The molecule has 3 aliphatic rings. The predicted octanol–water partition coefficient (Wildman–Crippen LogP) is 8.28. The summed E-state index contributed by atoms with van der Waals surface area (Å²) in [4.78, 5) is 21.8. The topological polar surface area (TPSA) is 39.2 Å². The van der Waals surface area contributed by atoms with Crippen molar-refractivity contribution in [1.29, 1.82) is 0 Å². The SMILES string of the molecule is O=C(c1ccccc1Cl)N1[C@H](C(Cl)(Cl)Cl)N(C2CCCCC2)C2=S1N(c1ccccc1)C(c1ccccc1)=N2. The second-order valence-corrected chi connectivity index (χ2v) is 14.1. The average Bonchev–Trinajstić information content (AvgIpc) is 3.49. The van der Waals surface area contributed by atoms with Crippen LogP contribution < -0.4 is 4.31 Å². The van der Waals surface area contributed by atoms with Crippen LogP contribution in [0.4, 0.5) is 5.69 Å². The summed E-state index contributed by atoms with van der Waals surface area (Å²) in [6.45, 7) is 0. The lowest BCUT2D eigenvalue weighted by Gasteiger charge is -2.42. The van der Waals surface area contributed by atoms with Gasteiger partial charge in [-0.05, 0) is 37.1 Å². The van der Waals surface area contributed by atoms with Crippen molar-refractivity contribution in [3.05, 3.63) is 101 Å². The Kier molecular flexibility index (Phi) is 7.70. The molecule has 1 unspecified atom stereocenters. The van der Waals surface area contributed by atoms with Gasteiger partial charge in [-0.2, -0.15) is 0 Å². The van der Waals surface area contributed by atoms with E-state index < -0.39 is 20.8 Å². The molecule has 0 aromatic heterocycles. The monoisotopic (exact) mass is 618 g/mol. The largest absolute Gasteiger partial charge is 0.268 e. The van der Waals surface area contributed by atoms with Gasteiger partial charge < -0.3 is 0 Å². The molecule has 1 aliphatic carbocycles. The van der Waals surface area contributed by atoms with Crippen LogP contribution in [0.15, 0.2) is 89.9 Å². The summed E-state index contributed by atoms with van der Waals surface area (Å²) in [5.41, 5.74) is 2.19. The van der Waals surface area contributed by atoms with E-state index in [4.69, 9.17) is 51.4 Å². The summed E-state index contributed by atoms with van der Waals surface area (Å²) < 4.78 is 2.00. The number of anilines is 1. The van der Waals surface area contributed by atoms with Gasteiger partial charge in [0, 0.05) is 11.6 Å². The van der Waals surface area contributed by atoms with Gasteiger partial charge in [0.25, 0.3) is 5.91 Å². The molecule has 6 rings (SSSR count). The van der Waals surface area contributed by atoms with E-state index in [0.29, 0.717) is 10.6 Å². The first-order valence-electron chi connectivity index (χ1n) is 12.9. The molecule has 5 nitrogen and oxygen atoms in total. The number of carbonyl (C=O) groups is 1. The highest BCUT2D eigenvalue weighted by Crippen LogP contribution is 2.53. The third-order valence-corrected chi connectivity index (χ3v) is 10.2. The van der Waals surface area contributed by atoms with Gasteiger partial charge in [0.2, 0.25) is 3.79 Å². The molecule has 3 aromatic rings. The van der Waals surface area contributed by atoms with Crippen LogP contribution in [0.1, 0.15) is 48.0 Å². The average molecular weight is 620 g/mol. The summed E-state index contributed by atoms with van der Waals surface area (Å²) in [5.74, 6) is 0.446. The number of hydrogen-bond acceptors (Lipinski definition) is 4. The Morgan fingerprint density at radius 2 is 1.46 bits per heavy atom. The molecule has 2 heterocycles. The maximum atomic E-state index is 14.5. The van der Waals surface area contributed by atoms with Gasteiger partial charge in [0.1, 0.15) is 0 Å². The number of rotatable bonds is 4. The first-order valence-corrected chi connectivity index (χ1v) is 15.5. The second kappa shape index (κ2) is 11.1. The van der Waals surface area contributed by atoms with Crippen molar-refractivity contribution in [3.8, 4) is 0 Å². The van der Waals surface area contributed by atoms with Crippen LogP contribution in [0, 0.1) is 0 Å². The van der Waals surface area contributed by atoms with Crippen LogP contribution >= 0.6 is 57.3 Å². The Hall–Kier alpha value is -2.06. The van der Waals surface area contributed by atoms with E-state index in [0.717, 1.165) is 47.9 Å². The highest BCUT2D eigenvalue weighted by molar-refractivity contribution is 8.16. The molecule has 0 saturated heterocycles. The summed E-state index contributed by atoms with van der Waals surface area (Å²) in [6, 6.07) is 27.0. The van der Waals surface area contributed by atoms with E-state index in [1.807, 2.05) is 60.7 Å². The molecule has 1 saturated carbocycles. The molecule has 3 aromatic carbocycles. The van der Waals surface area contributed by atoms with Gasteiger partial charge in [-0.3, -0.25) is 9.10 Å². The van der Waals surface area contributed by atoms with E-state index in [1.165, 1.54) is 6.42 Å². The van der Waals surface area contributed by atoms with Crippen molar-refractivity contribution in [2.75, 3.05) is 4.31 Å². The Balaban J connectivity index is 1.59. The van der Waals surface area contributed by atoms with Crippen LogP contribution in [-0.4, -0.2) is 42.1 Å². The zero-order valence-electron chi connectivity index (χ0n) is 20.9. The molecule has 2 atom stereocenters. The van der Waals surface area contributed by atoms with Crippen LogP contribution in [0.25, 0.3) is 0 Å². The van der Waals surface area contributed by atoms with E-state index in [-0.39, 0.29) is 11.9 Å². The van der Waals surface area contributed by atoms with Gasteiger partial charge >= 0.3 is 0 Å². The molecule has 0 bridgehead atoms. The van der Waals surface area contributed by atoms with E-state index >= 15 is 0 Å². The molecule has 0 spiro atoms. The van der Waals surface area contributed by atoms with Gasteiger partial charge in [-0.25, -0.2) is 14.2 Å². The lowest BCUT2D eigenvalue weighted by atomic mass is 9.94. The molecule has 2 aliphatic heterocycles. The van der Waals surface area contributed by atoms with E-state index in [9.17, 15) is 4.79 Å². The lowest BCUT2D eigenvalue weighted by Crippen LogP contribution is -2.56. The summed E-state index contributed by atoms with van der Waals surface area (Å²) >= 11 is 26.9. The fraction of sp³-hybridized carbons (Fsp3) is 0.276. The standard InChI is InChI=1S/C29H26Cl4N4OS/c30-24-19-11-10-18-23(24)26(38)37-27(29(31,32)33)35(21-14-6-2-7-15-21)28-34-25(20-12-4-1-5-13-20)36(39(28)37)22-16-8-3-9-17-22/h1,3-5,8-13,16-19,21,27H,2,6-7,14-15H2/t27-,39?/m1/s1. The number of benzene rings is 3. The third kappa shape index (κ3) is 5.01. The van der Waals surface area contributed by atoms with Crippen molar-refractivity contribution in [2.24, 2.45) is 4.99 Å². The van der Waals surface area contributed by atoms with Crippen molar-refractivity contribution in [1.82, 2.24) is 9.21 Å².